The minimum absolute atomic E-state index is 0.0419. The fourth-order valence-corrected chi connectivity index (χ4v) is 5.15. The van der Waals surface area contributed by atoms with Gasteiger partial charge in [-0.3, -0.25) is 19.4 Å². The summed E-state index contributed by atoms with van der Waals surface area (Å²) in [6.45, 7) is 2.30. The number of hydrogen-bond acceptors (Lipinski definition) is 5. The number of rotatable bonds is 5. The van der Waals surface area contributed by atoms with Gasteiger partial charge in [0.15, 0.2) is 0 Å². The van der Waals surface area contributed by atoms with Crippen LogP contribution in [0.4, 0.5) is 0 Å². The zero-order chi connectivity index (χ0) is 21.6. The molecule has 3 aliphatic rings. The summed E-state index contributed by atoms with van der Waals surface area (Å²) in [4.78, 5) is 41.7. The van der Waals surface area contributed by atoms with Gasteiger partial charge in [-0.2, -0.15) is 0 Å². The number of pyridine rings is 1. The highest BCUT2D eigenvalue weighted by atomic mass is 16.3. The zero-order valence-corrected chi connectivity index (χ0v) is 17.3. The molecule has 1 aromatic rings. The van der Waals surface area contributed by atoms with Crippen LogP contribution in [0.1, 0.15) is 37.7 Å². The molecule has 2 aliphatic heterocycles. The van der Waals surface area contributed by atoms with Crippen LogP contribution in [0.3, 0.4) is 0 Å². The molecule has 3 heterocycles. The van der Waals surface area contributed by atoms with E-state index in [0.717, 1.165) is 31.2 Å². The molecule has 3 fully saturated rings. The number of hydrogen-bond donors (Lipinski definition) is 2. The first kappa shape index (κ1) is 22.2. The van der Waals surface area contributed by atoms with Crippen molar-refractivity contribution in [3.63, 3.8) is 0 Å². The van der Waals surface area contributed by atoms with Crippen molar-refractivity contribution in [1.82, 2.24) is 14.8 Å². The molecule has 0 bridgehead atoms. The van der Waals surface area contributed by atoms with Crippen molar-refractivity contribution in [2.24, 2.45) is 17.3 Å². The SMILES string of the molecule is O=C(CCc1ccncc1)N1C[C@H]2CN(C(=O)C3CCCC3)C[C@@]2(CO)C1.O=CO. The monoisotopic (exact) mass is 417 g/mol. The molecule has 164 valence electrons. The predicted octanol–water partition coefficient (Wildman–Crippen LogP) is 1.18. The number of aliphatic hydroxyl groups is 1. The minimum atomic E-state index is -0.333. The number of carbonyl (C=O) groups excluding carboxylic acids is 2. The van der Waals surface area contributed by atoms with Gasteiger partial charge in [-0.1, -0.05) is 12.8 Å². The Morgan fingerprint density at radius 3 is 2.33 bits per heavy atom. The van der Waals surface area contributed by atoms with Crippen molar-refractivity contribution in [2.75, 3.05) is 32.8 Å². The van der Waals surface area contributed by atoms with Gasteiger partial charge in [0.2, 0.25) is 11.8 Å². The lowest BCUT2D eigenvalue weighted by Crippen LogP contribution is -2.41. The molecule has 2 N–H and O–H groups in total. The fraction of sp³-hybridized carbons (Fsp3) is 0.636. The van der Waals surface area contributed by atoms with Crippen LogP contribution >= 0.6 is 0 Å². The maximum absolute atomic E-state index is 12.8. The van der Waals surface area contributed by atoms with E-state index in [0.29, 0.717) is 39.0 Å². The van der Waals surface area contributed by atoms with Gasteiger partial charge >= 0.3 is 0 Å². The summed E-state index contributed by atoms with van der Waals surface area (Å²) in [6.07, 6.45) is 8.99. The van der Waals surface area contributed by atoms with E-state index >= 15 is 0 Å². The van der Waals surface area contributed by atoms with Crippen LogP contribution in [0.15, 0.2) is 24.5 Å². The number of aryl methyl sites for hydroxylation is 1. The van der Waals surface area contributed by atoms with Crippen molar-refractivity contribution >= 4 is 18.3 Å². The second-order valence-electron chi connectivity index (χ2n) is 8.65. The topological polar surface area (TPSA) is 111 Å². The normalized spacial score (nSPS) is 25.6. The summed E-state index contributed by atoms with van der Waals surface area (Å²) < 4.78 is 0. The third-order valence-corrected chi connectivity index (χ3v) is 6.82. The Morgan fingerprint density at radius 2 is 1.73 bits per heavy atom. The van der Waals surface area contributed by atoms with Crippen LogP contribution in [-0.4, -0.2) is 76.1 Å². The second kappa shape index (κ2) is 10.0. The molecule has 0 unspecified atom stereocenters. The summed E-state index contributed by atoms with van der Waals surface area (Å²) >= 11 is 0. The number of amides is 2. The number of carboxylic acid groups (broad SMARTS) is 1. The molecule has 2 amide bonds. The summed E-state index contributed by atoms with van der Waals surface area (Å²) in [5, 5.41) is 17.0. The summed E-state index contributed by atoms with van der Waals surface area (Å²) in [5.41, 5.74) is 0.781. The molecule has 0 radical (unpaired) electrons. The predicted molar refractivity (Wildman–Crippen MR) is 109 cm³/mol. The third kappa shape index (κ3) is 4.80. The van der Waals surface area contributed by atoms with Gasteiger partial charge in [0.25, 0.3) is 6.47 Å². The number of nitrogens with zero attached hydrogens (tertiary/aromatic N) is 3. The van der Waals surface area contributed by atoms with Crippen LogP contribution in [0.25, 0.3) is 0 Å². The van der Waals surface area contributed by atoms with E-state index in [4.69, 9.17) is 9.90 Å². The summed E-state index contributed by atoms with van der Waals surface area (Å²) in [6, 6.07) is 3.88. The van der Waals surface area contributed by atoms with Gasteiger partial charge in [0, 0.05) is 62.2 Å². The van der Waals surface area contributed by atoms with Gasteiger partial charge in [-0.05, 0) is 37.0 Å². The van der Waals surface area contributed by atoms with Crippen molar-refractivity contribution in [3.8, 4) is 0 Å². The first-order valence-electron chi connectivity index (χ1n) is 10.7. The smallest absolute Gasteiger partial charge is 0.290 e. The molecule has 0 spiro atoms. The molecule has 0 aromatic carbocycles. The van der Waals surface area contributed by atoms with E-state index in [-0.39, 0.29) is 42.1 Å². The van der Waals surface area contributed by atoms with Gasteiger partial charge in [0.1, 0.15) is 0 Å². The molecular formula is C22H31N3O5. The molecule has 8 nitrogen and oxygen atoms in total. The molecule has 2 saturated heterocycles. The fourth-order valence-electron chi connectivity index (χ4n) is 5.15. The van der Waals surface area contributed by atoms with Crippen LogP contribution < -0.4 is 0 Å². The van der Waals surface area contributed by atoms with E-state index in [1.807, 2.05) is 21.9 Å². The lowest BCUT2D eigenvalue weighted by Gasteiger charge is -2.28. The van der Waals surface area contributed by atoms with Crippen LogP contribution in [0.5, 0.6) is 0 Å². The highest BCUT2D eigenvalue weighted by Crippen LogP contribution is 2.43. The Labute approximate surface area is 176 Å². The van der Waals surface area contributed by atoms with Gasteiger partial charge in [-0.25, -0.2) is 0 Å². The quantitative estimate of drug-likeness (QED) is 0.696. The van der Waals surface area contributed by atoms with E-state index in [9.17, 15) is 14.7 Å². The average molecular weight is 418 g/mol. The summed E-state index contributed by atoms with van der Waals surface area (Å²) in [7, 11) is 0. The molecule has 30 heavy (non-hydrogen) atoms. The van der Waals surface area contributed by atoms with E-state index in [2.05, 4.69) is 4.98 Å². The van der Waals surface area contributed by atoms with E-state index in [1.54, 1.807) is 12.4 Å². The highest BCUT2D eigenvalue weighted by Gasteiger charge is 2.54. The average Bonchev–Trinajstić information content (AvgIpc) is 3.47. The lowest BCUT2D eigenvalue weighted by atomic mass is 9.82. The highest BCUT2D eigenvalue weighted by molar-refractivity contribution is 5.80. The molecule has 2 atom stereocenters. The molecule has 8 heteroatoms. The Balaban J connectivity index is 0.000000806. The van der Waals surface area contributed by atoms with Gasteiger partial charge in [-0.15, -0.1) is 0 Å². The molecule has 1 aromatic heterocycles. The molecular weight excluding hydrogens is 386 g/mol. The van der Waals surface area contributed by atoms with Crippen molar-refractivity contribution in [2.45, 2.75) is 38.5 Å². The van der Waals surface area contributed by atoms with Crippen molar-refractivity contribution in [3.05, 3.63) is 30.1 Å². The number of aromatic nitrogens is 1. The Hall–Kier alpha value is -2.48. The molecule has 4 rings (SSSR count). The standard InChI is InChI=1S/C21H29N3O3.CH2O2/c25-15-21-13-23(19(26)6-5-16-7-9-22-10-8-16)11-18(21)12-24(14-21)20(27)17-3-1-2-4-17;2-1-3/h7-10,17-18,25H,1-6,11-15H2;1H,(H,2,3)/t18-,21+;/m0./s1. The maximum atomic E-state index is 12.8. The largest absolute Gasteiger partial charge is 0.483 e. The van der Waals surface area contributed by atoms with Crippen LogP contribution in [0.2, 0.25) is 0 Å². The van der Waals surface area contributed by atoms with E-state index < -0.39 is 0 Å². The third-order valence-electron chi connectivity index (χ3n) is 6.82. The van der Waals surface area contributed by atoms with Gasteiger partial charge in [0.05, 0.1) is 6.61 Å². The first-order chi connectivity index (χ1) is 14.5. The molecule has 1 saturated carbocycles. The Kier molecular flexibility index (Phi) is 7.42. The number of aliphatic hydroxyl groups excluding tert-OH is 1. The van der Waals surface area contributed by atoms with Crippen LogP contribution in [-0.2, 0) is 20.8 Å². The van der Waals surface area contributed by atoms with Crippen LogP contribution in [0, 0.1) is 17.3 Å². The van der Waals surface area contributed by atoms with Crippen molar-refractivity contribution < 1.29 is 24.6 Å². The zero-order valence-electron chi connectivity index (χ0n) is 17.3. The summed E-state index contributed by atoms with van der Waals surface area (Å²) in [5.74, 6) is 0.781. The maximum Gasteiger partial charge on any atom is 0.290 e. The lowest BCUT2D eigenvalue weighted by molar-refractivity contribution is -0.135. The van der Waals surface area contributed by atoms with E-state index in [1.165, 1.54) is 0 Å². The first-order valence-corrected chi connectivity index (χ1v) is 10.7. The number of likely N-dealkylation sites (tertiary alicyclic amines) is 2. The van der Waals surface area contributed by atoms with Crippen molar-refractivity contribution in [1.29, 1.82) is 0 Å². The second-order valence-corrected chi connectivity index (χ2v) is 8.65. The minimum Gasteiger partial charge on any atom is -0.483 e. The van der Waals surface area contributed by atoms with Gasteiger partial charge < -0.3 is 20.0 Å². The Bertz CT molecular complexity index is 738. The molecule has 1 aliphatic carbocycles. The Morgan fingerprint density at radius 1 is 1.13 bits per heavy atom. The number of fused-ring (bicyclic) bond motifs is 1. The number of carbonyl (C=O) groups is 3.